The van der Waals surface area contributed by atoms with Crippen LogP contribution in [-0.2, 0) is 21.2 Å². The first-order valence-electron chi connectivity index (χ1n) is 10.2. The first kappa shape index (κ1) is 22.2. The lowest BCUT2D eigenvalue weighted by molar-refractivity contribution is -0.114. The van der Waals surface area contributed by atoms with Crippen LogP contribution in [0.1, 0.15) is 18.1 Å². The molecule has 0 spiro atoms. The van der Waals surface area contributed by atoms with Gasteiger partial charge in [-0.2, -0.15) is 9.39 Å². The highest BCUT2D eigenvalue weighted by atomic mass is 32.2. The van der Waals surface area contributed by atoms with E-state index < -0.39 is 15.7 Å². The number of carbonyl (C=O) groups is 1. The van der Waals surface area contributed by atoms with Gasteiger partial charge in [-0.1, -0.05) is 25.1 Å². The molecular formula is C22H18N4O6S2. The van der Waals surface area contributed by atoms with Gasteiger partial charge in [0.1, 0.15) is 18.2 Å². The Kier molecular flexibility index (Phi) is 5.62. The number of amidine groups is 3. The van der Waals surface area contributed by atoms with E-state index in [1.54, 1.807) is 24.3 Å². The SMILES string of the molecule is CCS(=O)(=O)C1=NSC2=NC(=O)/C(=C\c3ccc(OCc4ccc5c(c4)OCO5)cc3)C(=N)N21. The lowest BCUT2D eigenvalue weighted by Gasteiger charge is -2.24. The minimum absolute atomic E-state index is 0.0284. The van der Waals surface area contributed by atoms with Crippen LogP contribution in [0.5, 0.6) is 17.2 Å². The molecule has 0 aromatic heterocycles. The van der Waals surface area contributed by atoms with Crippen molar-refractivity contribution >= 4 is 49.9 Å². The van der Waals surface area contributed by atoms with Crippen molar-refractivity contribution in [1.29, 1.82) is 5.41 Å². The summed E-state index contributed by atoms with van der Waals surface area (Å²) in [5.74, 6) is 0.925. The third-order valence-corrected chi connectivity index (χ3v) is 7.59. The molecule has 2 aromatic rings. The maximum absolute atomic E-state index is 12.5. The van der Waals surface area contributed by atoms with Crippen LogP contribution >= 0.6 is 11.9 Å². The van der Waals surface area contributed by atoms with E-state index >= 15 is 0 Å². The zero-order valence-electron chi connectivity index (χ0n) is 17.8. The molecule has 12 heteroatoms. The number of hydrogen-bond acceptors (Lipinski definition) is 9. The van der Waals surface area contributed by atoms with Crippen LogP contribution in [0.2, 0.25) is 0 Å². The molecule has 0 fully saturated rings. The second-order valence-electron chi connectivity index (χ2n) is 7.36. The van der Waals surface area contributed by atoms with Gasteiger partial charge in [-0.05, 0) is 41.5 Å². The van der Waals surface area contributed by atoms with Crippen molar-refractivity contribution in [3.63, 3.8) is 0 Å². The van der Waals surface area contributed by atoms with Crippen LogP contribution < -0.4 is 14.2 Å². The number of sulfone groups is 1. The number of nitrogens with one attached hydrogen (secondary N) is 1. The molecule has 1 amide bonds. The van der Waals surface area contributed by atoms with Crippen molar-refractivity contribution in [2.75, 3.05) is 12.5 Å². The van der Waals surface area contributed by atoms with Crippen molar-refractivity contribution < 1.29 is 27.4 Å². The van der Waals surface area contributed by atoms with Gasteiger partial charge in [-0.15, -0.1) is 0 Å². The fraction of sp³-hybridized carbons (Fsp3) is 0.182. The molecule has 3 heterocycles. The summed E-state index contributed by atoms with van der Waals surface area (Å²) in [7, 11) is -3.69. The Morgan fingerprint density at radius 1 is 1.18 bits per heavy atom. The smallest absolute Gasteiger partial charge is 0.283 e. The Morgan fingerprint density at radius 2 is 1.94 bits per heavy atom. The molecule has 0 saturated carbocycles. The lowest BCUT2D eigenvalue weighted by Crippen LogP contribution is -2.45. The van der Waals surface area contributed by atoms with Crippen LogP contribution in [0.15, 0.2) is 57.4 Å². The average Bonchev–Trinajstić information content (AvgIpc) is 3.48. The molecule has 5 rings (SSSR count). The zero-order valence-corrected chi connectivity index (χ0v) is 19.5. The van der Waals surface area contributed by atoms with Crippen molar-refractivity contribution in [3.05, 3.63) is 59.2 Å². The molecule has 174 valence electrons. The Balaban J connectivity index is 1.31. The van der Waals surface area contributed by atoms with Gasteiger partial charge in [0.15, 0.2) is 11.5 Å². The molecule has 2 aromatic carbocycles. The summed E-state index contributed by atoms with van der Waals surface area (Å²) in [6, 6.07) is 12.5. The molecule has 0 aliphatic carbocycles. The van der Waals surface area contributed by atoms with Gasteiger partial charge in [-0.3, -0.25) is 10.2 Å². The first-order chi connectivity index (χ1) is 16.4. The molecule has 0 radical (unpaired) electrons. The van der Waals surface area contributed by atoms with E-state index in [0.717, 1.165) is 22.4 Å². The highest BCUT2D eigenvalue weighted by Crippen LogP contribution is 2.33. The number of ether oxygens (including phenoxy) is 3. The fourth-order valence-corrected chi connectivity index (χ4v) is 5.32. The summed E-state index contributed by atoms with van der Waals surface area (Å²) in [6.07, 6.45) is 1.49. The second kappa shape index (κ2) is 8.61. The van der Waals surface area contributed by atoms with Crippen molar-refractivity contribution in [2.45, 2.75) is 13.5 Å². The Hall–Kier alpha value is -3.64. The number of hydrogen-bond donors (Lipinski definition) is 1. The normalized spacial score (nSPS) is 18.1. The van der Waals surface area contributed by atoms with E-state index in [1.165, 1.54) is 13.0 Å². The van der Waals surface area contributed by atoms with E-state index in [4.69, 9.17) is 19.6 Å². The summed E-state index contributed by atoms with van der Waals surface area (Å²) < 4.78 is 45.1. The number of carbonyl (C=O) groups excluding carboxylic acids is 1. The van der Waals surface area contributed by atoms with E-state index in [0.29, 0.717) is 29.4 Å². The molecule has 1 N–H and O–H groups in total. The van der Waals surface area contributed by atoms with Gasteiger partial charge in [0.25, 0.3) is 5.91 Å². The van der Waals surface area contributed by atoms with E-state index in [2.05, 4.69) is 9.39 Å². The number of aliphatic imine (C=N–C) groups is 1. The van der Waals surface area contributed by atoms with Crippen LogP contribution in [0, 0.1) is 5.41 Å². The predicted molar refractivity (Wildman–Crippen MR) is 128 cm³/mol. The Bertz CT molecular complexity index is 1400. The highest BCUT2D eigenvalue weighted by molar-refractivity contribution is 8.16. The first-order valence-corrected chi connectivity index (χ1v) is 12.6. The third kappa shape index (κ3) is 4.05. The van der Waals surface area contributed by atoms with Gasteiger partial charge in [0.05, 0.1) is 23.3 Å². The zero-order chi connectivity index (χ0) is 23.9. The molecule has 0 unspecified atom stereocenters. The van der Waals surface area contributed by atoms with Gasteiger partial charge >= 0.3 is 0 Å². The molecular weight excluding hydrogens is 480 g/mol. The minimum atomic E-state index is -3.69. The topological polar surface area (TPSA) is 131 Å². The van der Waals surface area contributed by atoms with Crippen molar-refractivity contribution in [1.82, 2.24) is 4.90 Å². The predicted octanol–water partition coefficient (Wildman–Crippen LogP) is 3.01. The summed E-state index contributed by atoms with van der Waals surface area (Å²) >= 11 is 0.769. The number of rotatable bonds is 5. The van der Waals surface area contributed by atoms with Crippen molar-refractivity contribution in [2.24, 2.45) is 9.39 Å². The number of benzene rings is 2. The van der Waals surface area contributed by atoms with E-state index in [1.807, 2.05) is 18.2 Å². The highest BCUT2D eigenvalue weighted by Gasteiger charge is 2.42. The van der Waals surface area contributed by atoms with E-state index in [9.17, 15) is 13.2 Å². The summed E-state index contributed by atoms with van der Waals surface area (Å²) in [4.78, 5) is 17.5. The summed E-state index contributed by atoms with van der Waals surface area (Å²) in [5.41, 5.74) is 1.53. The van der Waals surface area contributed by atoms with Crippen LogP contribution in [0.3, 0.4) is 0 Å². The van der Waals surface area contributed by atoms with Crippen molar-refractivity contribution in [3.8, 4) is 17.2 Å². The molecule has 3 aliphatic rings. The quantitative estimate of drug-likeness (QED) is 0.492. The molecule has 0 bridgehead atoms. The third-order valence-electron chi connectivity index (χ3n) is 5.19. The summed E-state index contributed by atoms with van der Waals surface area (Å²) in [5, 5.41) is 8.23. The van der Waals surface area contributed by atoms with Crippen LogP contribution in [0.25, 0.3) is 6.08 Å². The molecule has 10 nitrogen and oxygen atoms in total. The maximum Gasteiger partial charge on any atom is 0.283 e. The van der Waals surface area contributed by atoms with Crippen LogP contribution in [-0.4, -0.2) is 47.9 Å². The van der Waals surface area contributed by atoms with Gasteiger partial charge in [-0.25, -0.2) is 13.3 Å². The maximum atomic E-state index is 12.5. The molecule has 3 aliphatic heterocycles. The van der Waals surface area contributed by atoms with Gasteiger partial charge < -0.3 is 14.2 Å². The monoisotopic (exact) mass is 498 g/mol. The molecule has 34 heavy (non-hydrogen) atoms. The minimum Gasteiger partial charge on any atom is -0.489 e. The number of fused-ring (bicyclic) bond motifs is 2. The van der Waals surface area contributed by atoms with Crippen LogP contribution in [0.4, 0.5) is 0 Å². The Labute approximate surface area is 199 Å². The van der Waals surface area contributed by atoms with E-state index in [-0.39, 0.29) is 34.3 Å². The lowest BCUT2D eigenvalue weighted by atomic mass is 10.1. The standard InChI is InChI=1S/C22H18N4O6S2/c1-2-34(28,29)22-25-33-21-24-20(27)16(19(23)26(21)22)9-13-3-6-15(7-4-13)30-11-14-5-8-17-18(10-14)32-12-31-17/h3-10,23H,2,11-12H2,1H3/b16-9-,23-19?. The number of amides is 1. The fourth-order valence-electron chi connectivity index (χ4n) is 3.35. The number of nitrogens with zero attached hydrogens (tertiary/aromatic N) is 3. The van der Waals surface area contributed by atoms with Gasteiger partial charge in [0.2, 0.25) is 27.0 Å². The molecule has 0 atom stereocenters. The Morgan fingerprint density at radius 3 is 2.71 bits per heavy atom. The largest absolute Gasteiger partial charge is 0.489 e. The average molecular weight is 499 g/mol. The summed E-state index contributed by atoms with van der Waals surface area (Å²) in [6.45, 7) is 2.03. The second-order valence-corrected chi connectivity index (χ2v) is 10.3. The van der Waals surface area contributed by atoms with Gasteiger partial charge in [0, 0.05) is 0 Å². The molecule has 0 saturated heterocycles.